The number of fused-ring (bicyclic) bond motifs is 3. The lowest BCUT2D eigenvalue weighted by Gasteiger charge is -2.14. The minimum Gasteiger partial charge on any atom is -0.449 e. The van der Waals surface area contributed by atoms with Crippen molar-refractivity contribution in [3.05, 3.63) is 59.7 Å². The van der Waals surface area contributed by atoms with Crippen molar-refractivity contribution in [2.75, 3.05) is 79.2 Å². The third-order valence-electron chi connectivity index (χ3n) is 5.75. The highest BCUT2D eigenvalue weighted by Gasteiger charge is 2.28. The molecule has 1 amide bonds. The lowest BCUT2D eigenvalue weighted by Crippen LogP contribution is -2.27. The van der Waals surface area contributed by atoms with Crippen LogP contribution in [0.15, 0.2) is 48.5 Å². The van der Waals surface area contributed by atoms with Gasteiger partial charge in [-0.15, -0.1) is 6.42 Å². The molecular weight excluding hydrogens is 474 g/mol. The fourth-order valence-electron chi connectivity index (χ4n) is 4.02. The van der Waals surface area contributed by atoms with Crippen LogP contribution in [0.1, 0.15) is 23.5 Å². The summed E-state index contributed by atoms with van der Waals surface area (Å²) in [4.78, 5) is 12.2. The smallest absolute Gasteiger partial charge is 0.407 e. The summed E-state index contributed by atoms with van der Waals surface area (Å²) in [6, 6.07) is 16.6. The number of hydrogen-bond donors (Lipinski definition) is 1. The fraction of sp³-hybridized carbons (Fsp3) is 0.483. The number of carbonyl (C=O) groups excluding carboxylic acids is 1. The second kappa shape index (κ2) is 17.5. The van der Waals surface area contributed by atoms with Gasteiger partial charge < -0.3 is 33.7 Å². The van der Waals surface area contributed by atoms with Crippen molar-refractivity contribution in [2.45, 2.75) is 12.3 Å². The van der Waals surface area contributed by atoms with E-state index in [2.05, 4.69) is 35.5 Å². The summed E-state index contributed by atoms with van der Waals surface area (Å²) in [7, 11) is 0. The van der Waals surface area contributed by atoms with E-state index in [4.69, 9.17) is 34.8 Å². The first-order valence-corrected chi connectivity index (χ1v) is 12.7. The fourth-order valence-corrected chi connectivity index (χ4v) is 4.02. The van der Waals surface area contributed by atoms with E-state index in [1.807, 2.05) is 24.3 Å². The molecule has 37 heavy (non-hydrogen) atoms. The Morgan fingerprint density at radius 2 is 1.22 bits per heavy atom. The van der Waals surface area contributed by atoms with Gasteiger partial charge in [0.2, 0.25) is 0 Å². The molecule has 0 aliphatic heterocycles. The first kappa shape index (κ1) is 28.6. The van der Waals surface area contributed by atoms with Gasteiger partial charge in [0.25, 0.3) is 0 Å². The largest absolute Gasteiger partial charge is 0.449 e. The molecule has 1 aliphatic rings. The molecule has 0 bridgehead atoms. The minimum absolute atomic E-state index is 0.0600. The Kier molecular flexibility index (Phi) is 13.6. The third-order valence-corrected chi connectivity index (χ3v) is 5.75. The molecule has 2 aromatic rings. The summed E-state index contributed by atoms with van der Waals surface area (Å²) in [6.07, 6.45) is 5.36. The average Bonchev–Trinajstić information content (AvgIpc) is 3.25. The molecule has 2 aromatic carbocycles. The predicted octanol–water partition coefficient (Wildman–Crippen LogP) is 3.63. The molecule has 1 N–H and O–H groups in total. The van der Waals surface area contributed by atoms with Gasteiger partial charge in [-0.1, -0.05) is 54.5 Å². The van der Waals surface area contributed by atoms with Crippen LogP contribution >= 0.6 is 0 Å². The van der Waals surface area contributed by atoms with E-state index in [1.165, 1.54) is 22.3 Å². The van der Waals surface area contributed by atoms with Crippen LogP contribution in [0, 0.1) is 12.3 Å². The van der Waals surface area contributed by atoms with Crippen LogP contribution in [0.4, 0.5) is 4.79 Å². The zero-order valence-corrected chi connectivity index (χ0v) is 21.3. The monoisotopic (exact) mass is 511 g/mol. The van der Waals surface area contributed by atoms with Crippen LogP contribution < -0.4 is 5.32 Å². The van der Waals surface area contributed by atoms with Crippen LogP contribution in [0.3, 0.4) is 0 Å². The zero-order chi connectivity index (χ0) is 26.0. The Labute approximate surface area is 219 Å². The lowest BCUT2D eigenvalue weighted by atomic mass is 9.98. The van der Waals surface area contributed by atoms with E-state index >= 15 is 0 Å². The van der Waals surface area contributed by atoms with Crippen molar-refractivity contribution in [1.29, 1.82) is 0 Å². The summed E-state index contributed by atoms with van der Waals surface area (Å²) in [5, 5.41) is 2.79. The summed E-state index contributed by atoms with van der Waals surface area (Å²) >= 11 is 0. The third kappa shape index (κ3) is 10.2. The highest BCUT2D eigenvalue weighted by molar-refractivity contribution is 5.79. The topological polar surface area (TPSA) is 84.5 Å². The summed E-state index contributed by atoms with van der Waals surface area (Å²) in [5.41, 5.74) is 4.83. The maximum absolute atomic E-state index is 12.2. The Balaban J connectivity index is 1.12. The molecule has 3 rings (SSSR count). The zero-order valence-electron chi connectivity index (χ0n) is 21.3. The van der Waals surface area contributed by atoms with Crippen molar-refractivity contribution in [3.63, 3.8) is 0 Å². The summed E-state index contributed by atoms with van der Waals surface area (Å²) < 4.78 is 32.4. The number of alkyl carbamates (subject to hydrolysis) is 1. The molecule has 0 saturated heterocycles. The Bertz CT molecular complexity index is 929. The van der Waals surface area contributed by atoms with Crippen LogP contribution in [-0.2, 0) is 28.4 Å². The van der Waals surface area contributed by atoms with E-state index in [0.717, 1.165) is 0 Å². The number of carbonyl (C=O) groups is 1. The molecule has 200 valence electrons. The molecule has 0 unspecified atom stereocenters. The number of nitrogens with one attached hydrogen (secondary N) is 1. The molecule has 0 fully saturated rings. The van der Waals surface area contributed by atoms with Gasteiger partial charge in [0, 0.05) is 19.1 Å². The maximum atomic E-state index is 12.2. The van der Waals surface area contributed by atoms with Gasteiger partial charge in [-0.2, -0.15) is 0 Å². The number of rotatable bonds is 19. The molecule has 1 aliphatic carbocycles. The summed E-state index contributed by atoms with van der Waals surface area (Å²) in [5.74, 6) is 2.46. The van der Waals surface area contributed by atoms with Crippen LogP contribution in [0.2, 0.25) is 0 Å². The van der Waals surface area contributed by atoms with Crippen LogP contribution in [0.25, 0.3) is 11.1 Å². The first-order valence-electron chi connectivity index (χ1n) is 12.7. The van der Waals surface area contributed by atoms with Gasteiger partial charge in [-0.25, -0.2) is 4.79 Å². The number of amides is 1. The molecule has 0 heterocycles. The van der Waals surface area contributed by atoms with E-state index in [-0.39, 0.29) is 5.92 Å². The first-order chi connectivity index (χ1) is 18.3. The standard InChI is InChI=1S/C29H37NO7/c1-2-13-32-15-17-34-19-21-36-22-20-35-18-16-33-14-7-12-30-29(31)37-23-28-26-10-5-3-8-24(26)25-9-4-6-11-27(25)28/h1,3-6,8-11,28H,7,12-23H2,(H,30,31). The maximum Gasteiger partial charge on any atom is 0.407 e. The number of terminal acetylenes is 1. The molecule has 0 radical (unpaired) electrons. The van der Waals surface area contributed by atoms with Gasteiger partial charge in [0.05, 0.1) is 52.9 Å². The summed E-state index contributed by atoms with van der Waals surface area (Å²) in [6.45, 7) is 5.62. The van der Waals surface area contributed by atoms with Gasteiger partial charge in [-0.3, -0.25) is 0 Å². The van der Waals surface area contributed by atoms with Gasteiger partial charge in [0.1, 0.15) is 13.2 Å². The molecule has 0 spiro atoms. The number of ether oxygens (including phenoxy) is 6. The van der Waals surface area contributed by atoms with Crippen LogP contribution in [0.5, 0.6) is 0 Å². The number of benzene rings is 2. The molecule has 8 nitrogen and oxygen atoms in total. The Morgan fingerprint density at radius 1 is 0.730 bits per heavy atom. The van der Waals surface area contributed by atoms with Gasteiger partial charge >= 0.3 is 6.09 Å². The molecule has 0 saturated carbocycles. The average molecular weight is 512 g/mol. The molecule has 8 heteroatoms. The quantitative estimate of drug-likeness (QED) is 0.228. The van der Waals surface area contributed by atoms with E-state index in [0.29, 0.717) is 85.6 Å². The van der Waals surface area contributed by atoms with E-state index in [9.17, 15) is 4.79 Å². The van der Waals surface area contributed by atoms with Gasteiger partial charge in [0.15, 0.2) is 0 Å². The second-order valence-electron chi connectivity index (χ2n) is 8.31. The van der Waals surface area contributed by atoms with Gasteiger partial charge in [-0.05, 0) is 28.7 Å². The second-order valence-corrected chi connectivity index (χ2v) is 8.31. The van der Waals surface area contributed by atoms with Crippen molar-refractivity contribution in [3.8, 4) is 23.5 Å². The van der Waals surface area contributed by atoms with E-state index < -0.39 is 6.09 Å². The Hall–Kier alpha value is -2.93. The lowest BCUT2D eigenvalue weighted by molar-refractivity contribution is -0.00923. The predicted molar refractivity (Wildman–Crippen MR) is 141 cm³/mol. The molecule has 0 aromatic heterocycles. The van der Waals surface area contributed by atoms with E-state index in [1.54, 1.807) is 0 Å². The minimum atomic E-state index is -0.409. The normalized spacial score (nSPS) is 12.1. The molecular formula is C29H37NO7. The Morgan fingerprint density at radius 3 is 1.76 bits per heavy atom. The van der Waals surface area contributed by atoms with Crippen molar-refractivity contribution < 1.29 is 33.2 Å². The van der Waals surface area contributed by atoms with Crippen molar-refractivity contribution >= 4 is 6.09 Å². The van der Waals surface area contributed by atoms with Crippen molar-refractivity contribution in [2.24, 2.45) is 0 Å². The van der Waals surface area contributed by atoms with Crippen LogP contribution in [-0.4, -0.2) is 85.3 Å². The number of hydrogen-bond acceptors (Lipinski definition) is 7. The highest BCUT2D eigenvalue weighted by atomic mass is 16.6. The molecule has 0 atom stereocenters. The SMILES string of the molecule is C#CCOCCOCCOCCOCCOCCCNC(=O)OCC1c2ccccc2-c2ccccc21. The van der Waals surface area contributed by atoms with Crippen molar-refractivity contribution in [1.82, 2.24) is 5.32 Å². The highest BCUT2D eigenvalue weighted by Crippen LogP contribution is 2.44.